The normalized spacial score (nSPS) is 22.8. The molecule has 1 aliphatic carbocycles. The van der Waals surface area contributed by atoms with E-state index in [9.17, 15) is 13.6 Å². The largest absolute Gasteiger partial charge is 0.481 e. The highest BCUT2D eigenvalue weighted by Crippen LogP contribution is 2.25. The van der Waals surface area contributed by atoms with Crippen LogP contribution in [-0.4, -0.2) is 17.1 Å². The van der Waals surface area contributed by atoms with Crippen LogP contribution in [0.5, 0.6) is 0 Å². The van der Waals surface area contributed by atoms with E-state index in [0.29, 0.717) is 12.8 Å². The van der Waals surface area contributed by atoms with Crippen molar-refractivity contribution in [3.05, 3.63) is 34.4 Å². The number of hydrogen-bond acceptors (Lipinski definition) is 2. The predicted octanol–water partition coefficient (Wildman–Crippen LogP) is 3.35. The second kappa shape index (κ2) is 6.50. The van der Waals surface area contributed by atoms with E-state index in [1.54, 1.807) is 0 Å². The van der Waals surface area contributed by atoms with Crippen LogP contribution in [0.3, 0.4) is 0 Å². The number of carboxylic acid groups (broad SMARTS) is 1. The van der Waals surface area contributed by atoms with Gasteiger partial charge in [-0.2, -0.15) is 0 Å². The summed E-state index contributed by atoms with van der Waals surface area (Å²) >= 11 is 5.49. The maximum absolute atomic E-state index is 13.6. The first-order chi connectivity index (χ1) is 9.47. The molecule has 0 bridgehead atoms. The van der Waals surface area contributed by atoms with E-state index < -0.39 is 17.6 Å². The summed E-state index contributed by atoms with van der Waals surface area (Å²) in [4.78, 5) is 10.8. The molecule has 1 fully saturated rings. The van der Waals surface area contributed by atoms with Crippen molar-refractivity contribution in [1.29, 1.82) is 0 Å². The van der Waals surface area contributed by atoms with Crippen LogP contribution in [0.2, 0.25) is 5.02 Å². The van der Waals surface area contributed by atoms with Gasteiger partial charge in [0.2, 0.25) is 0 Å². The lowest BCUT2D eigenvalue weighted by Gasteiger charge is -2.27. The third kappa shape index (κ3) is 3.67. The van der Waals surface area contributed by atoms with Crippen LogP contribution in [0.4, 0.5) is 8.78 Å². The highest BCUT2D eigenvalue weighted by Gasteiger charge is 2.25. The summed E-state index contributed by atoms with van der Waals surface area (Å²) in [6.07, 6.45) is 2.69. The average molecular weight is 304 g/mol. The molecule has 6 heteroatoms. The molecular formula is C14H16ClF2NO2. The second-order valence-electron chi connectivity index (χ2n) is 5.13. The molecule has 0 aliphatic heterocycles. The number of rotatable bonds is 4. The van der Waals surface area contributed by atoms with Crippen molar-refractivity contribution < 1.29 is 18.7 Å². The van der Waals surface area contributed by atoms with Gasteiger partial charge in [-0.1, -0.05) is 11.6 Å². The monoisotopic (exact) mass is 303 g/mol. The summed E-state index contributed by atoms with van der Waals surface area (Å²) < 4.78 is 26.9. The fourth-order valence-corrected chi connectivity index (χ4v) is 2.65. The second-order valence-corrected chi connectivity index (χ2v) is 5.53. The number of benzene rings is 1. The van der Waals surface area contributed by atoms with Crippen LogP contribution >= 0.6 is 11.6 Å². The van der Waals surface area contributed by atoms with Crippen LogP contribution in [0.15, 0.2) is 12.1 Å². The molecule has 1 aromatic carbocycles. The van der Waals surface area contributed by atoms with Gasteiger partial charge >= 0.3 is 5.97 Å². The molecule has 110 valence electrons. The maximum atomic E-state index is 13.6. The summed E-state index contributed by atoms with van der Waals surface area (Å²) in [7, 11) is 0. The number of carbonyl (C=O) groups is 1. The third-order valence-corrected chi connectivity index (χ3v) is 4.04. The van der Waals surface area contributed by atoms with Crippen molar-refractivity contribution in [1.82, 2.24) is 5.32 Å². The van der Waals surface area contributed by atoms with E-state index in [-0.39, 0.29) is 29.1 Å². The Hall–Kier alpha value is -1.20. The topological polar surface area (TPSA) is 49.3 Å². The number of aliphatic carboxylic acids is 1. The molecule has 2 N–H and O–H groups in total. The number of carboxylic acids is 1. The SMILES string of the molecule is O=C(O)C1CCC(NCc2cc(F)c(Cl)cc2F)CC1. The molecule has 0 unspecified atom stereocenters. The standard InChI is InChI=1S/C14H16ClF2NO2/c15-11-6-12(16)9(5-13(11)17)7-18-10-3-1-8(2-4-10)14(19)20/h5-6,8,10,18H,1-4,7H2,(H,19,20). The van der Waals surface area contributed by atoms with Gasteiger partial charge in [0.15, 0.2) is 0 Å². The summed E-state index contributed by atoms with van der Waals surface area (Å²) in [6.45, 7) is 0.211. The summed E-state index contributed by atoms with van der Waals surface area (Å²) in [5, 5.41) is 11.8. The predicted molar refractivity (Wildman–Crippen MR) is 71.6 cm³/mol. The zero-order chi connectivity index (χ0) is 14.7. The minimum Gasteiger partial charge on any atom is -0.481 e. The molecule has 1 aliphatic rings. The Morgan fingerprint density at radius 3 is 2.50 bits per heavy atom. The highest BCUT2D eigenvalue weighted by molar-refractivity contribution is 6.30. The average Bonchev–Trinajstić information content (AvgIpc) is 2.42. The molecule has 0 aromatic heterocycles. The Bertz CT molecular complexity index is 502. The summed E-state index contributed by atoms with van der Waals surface area (Å²) in [5.41, 5.74) is 0.229. The molecule has 0 amide bonds. The van der Waals surface area contributed by atoms with E-state index in [1.165, 1.54) is 0 Å². The van der Waals surface area contributed by atoms with E-state index in [2.05, 4.69) is 5.32 Å². The maximum Gasteiger partial charge on any atom is 0.306 e. The van der Waals surface area contributed by atoms with Gasteiger partial charge in [-0.15, -0.1) is 0 Å². The lowest BCUT2D eigenvalue weighted by molar-refractivity contribution is -0.142. The molecule has 1 aromatic rings. The molecule has 2 rings (SSSR count). The zero-order valence-corrected chi connectivity index (χ0v) is 11.6. The van der Waals surface area contributed by atoms with E-state index in [1.807, 2.05) is 0 Å². The van der Waals surface area contributed by atoms with Gasteiger partial charge < -0.3 is 10.4 Å². The quantitative estimate of drug-likeness (QED) is 0.839. The minimum absolute atomic E-state index is 0.142. The number of nitrogens with one attached hydrogen (secondary N) is 1. The van der Waals surface area contributed by atoms with Crippen molar-refractivity contribution in [2.75, 3.05) is 0 Å². The van der Waals surface area contributed by atoms with Crippen molar-refractivity contribution >= 4 is 17.6 Å². The number of hydrogen-bond donors (Lipinski definition) is 2. The van der Waals surface area contributed by atoms with Gasteiger partial charge in [-0.05, 0) is 37.8 Å². The fraction of sp³-hybridized carbons (Fsp3) is 0.500. The van der Waals surface area contributed by atoms with E-state index in [4.69, 9.17) is 16.7 Å². The van der Waals surface area contributed by atoms with Gasteiger partial charge in [0, 0.05) is 18.2 Å². The molecule has 1 saturated carbocycles. The molecule has 3 nitrogen and oxygen atoms in total. The first kappa shape index (κ1) is 15.2. The van der Waals surface area contributed by atoms with Gasteiger partial charge in [-0.3, -0.25) is 4.79 Å². The Balaban J connectivity index is 1.87. The summed E-state index contributed by atoms with van der Waals surface area (Å²) in [6, 6.07) is 2.20. The Kier molecular flexibility index (Phi) is 4.94. The first-order valence-electron chi connectivity index (χ1n) is 6.57. The Morgan fingerprint density at radius 1 is 1.25 bits per heavy atom. The molecule has 20 heavy (non-hydrogen) atoms. The van der Waals surface area contributed by atoms with Crippen LogP contribution in [0.25, 0.3) is 0 Å². The molecule has 0 heterocycles. The number of halogens is 3. The molecule has 0 atom stereocenters. The van der Waals surface area contributed by atoms with Crippen molar-refractivity contribution in [2.24, 2.45) is 5.92 Å². The summed E-state index contributed by atoms with van der Waals surface area (Å²) in [5.74, 6) is -2.21. The van der Waals surface area contributed by atoms with Crippen molar-refractivity contribution in [3.63, 3.8) is 0 Å². The van der Waals surface area contributed by atoms with E-state index in [0.717, 1.165) is 25.0 Å². The van der Waals surface area contributed by atoms with Gasteiger partial charge in [0.25, 0.3) is 0 Å². The molecule has 0 spiro atoms. The zero-order valence-electron chi connectivity index (χ0n) is 10.8. The van der Waals surface area contributed by atoms with Gasteiger partial charge in [0.1, 0.15) is 11.6 Å². The molecular weight excluding hydrogens is 288 g/mol. The fourth-order valence-electron chi connectivity index (χ4n) is 2.50. The van der Waals surface area contributed by atoms with Gasteiger partial charge in [0.05, 0.1) is 10.9 Å². The Morgan fingerprint density at radius 2 is 1.90 bits per heavy atom. The third-order valence-electron chi connectivity index (χ3n) is 3.75. The molecule has 0 radical (unpaired) electrons. The van der Waals surface area contributed by atoms with Crippen molar-refractivity contribution in [2.45, 2.75) is 38.3 Å². The smallest absolute Gasteiger partial charge is 0.306 e. The van der Waals surface area contributed by atoms with Crippen LogP contribution in [0, 0.1) is 17.6 Å². The van der Waals surface area contributed by atoms with Crippen molar-refractivity contribution in [3.8, 4) is 0 Å². The van der Waals surface area contributed by atoms with Gasteiger partial charge in [-0.25, -0.2) is 8.78 Å². The van der Waals surface area contributed by atoms with Crippen LogP contribution in [0.1, 0.15) is 31.2 Å². The van der Waals surface area contributed by atoms with E-state index >= 15 is 0 Å². The first-order valence-corrected chi connectivity index (χ1v) is 6.94. The lowest BCUT2D eigenvalue weighted by atomic mass is 9.86. The Labute approximate surface area is 120 Å². The highest BCUT2D eigenvalue weighted by atomic mass is 35.5. The van der Waals surface area contributed by atoms with Crippen LogP contribution in [-0.2, 0) is 11.3 Å². The minimum atomic E-state index is -0.755. The lowest BCUT2D eigenvalue weighted by Crippen LogP contribution is -2.34. The van der Waals surface area contributed by atoms with Crippen LogP contribution < -0.4 is 5.32 Å². The molecule has 0 saturated heterocycles.